The van der Waals surface area contributed by atoms with Crippen molar-refractivity contribution < 1.29 is 19.1 Å². The summed E-state index contributed by atoms with van der Waals surface area (Å²) in [7, 11) is 0. The standard InChI is InChI=1S/C22H23ClN2O4/c23-17-7-8-19-18(15-17)20(29-22(27)16-5-2-1-3-6-16)21(26)25(19)10-4-9-24-11-13-28-14-12-24/h1-3,5-8,15,20H,4,9-14H2. The highest BCUT2D eigenvalue weighted by molar-refractivity contribution is 6.31. The molecule has 2 aromatic carbocycles. The van der Waals surface area contributed by atoms with Crippen LogP contribution in [0.1, 0.15) is 28.4 Å². The second-order valence-corrected chi connectivity index (χ2v) is 7.59. The molecule has 1 amide bonds. The first kappa shape index (κ1) is 19.9. The van der Waals surface area contributed by atoms with Crippen molar-refractivity contribution in [3.8, 4) is 0 Å². The van der Waals surface area contributed by atoms with Gasteiger partial charge in [-0.25, -0.2) is 4.79 Å². The molecule has 0 aromatic heterocycles. The Balaban J connectivity index is 1.47. The SMILES string of the molecule is O=C(OC1C(=O)N(CCCN2CCOCC2)c2ccc(Cl)cc21)c1ccccc1. The van der Waals surface area contributed by atoms with Gasteiger partial charge in [0.2, 0.25) is 6.10 Å². The number of rotatable bonds is 6. The zero-order valence-electron chi connectivity index (χ0n) is 16.1. The molecule has 2 aliphatic rings. The second kappa shape index (κ2) is 8.95. The predicted molar refractivity (Wildman–Crippen MR) is 110 cm³/mol. The molecule has 2 aromatic rings. The van der Waals surface area contributed by atoms with Crippen molar-refractivity contribution in [3.05, 3.63) is 64.7 Å². The molecule has 7 heteroatoms. The van der Waals surface area contributed by atoms with Gasteiger partial charge in [0.1, 0.15) is 0 Å². The maximum Gasteiger partial charge on any atom is 0.339 e. The summed E-state index contributed by atoms with van der Waals surface area (Å²) in [5, 5.41) is 0.507. The molecule has 0 N–H and O–H groups in total. The molecule has 2 heterocycles. The molecular weight excluding hydrogens is 392 g/mol. The summed E-state index contributed by atoms with van der Waals surface area (Å²) in [5.41, 5.74) is 1.81. The Morgan fingerprint density at radius 3 is 2.62 bits per heavy atom. The molecule has 6 nitrogen and oxygen atoms in total. The minimum absolute atomic E-state index is 0.228. The number of amides is 1. The van der Waals surface area contributed by atoms with Gasteiger partial charge < -0.3 is 14.4 Å². The quantitative estimate of drug-likeness (QED) is 0.679. The smallest absolute Gasteiger partial charge is 0.339 e. The molecule has 1 fully saturated rings. The number of carbonyl (C=O) groups excluding carboxylic acids is 2. The van der Waals surface area contributed by atoms with E-state index >= 15 is 0 Å². The highest BCUT2D eigenvalue weighted by Crippen LogP contribution is 2.40. The minimum Gasteiger partial charge on any atom is -0.444 e. The number of hydrogen-bond acceptors (Lipinski definition) is 5. The highest BCUT2D eigenvalue weighted by Gasteiger charge is 2.40. The van der Waals surface area contributed by atoms with Gasteiger partial charge in [0.05, 0.1) is 24.5 Å². The minimum atomic E-state index is -0.972. The van der Waals surface area contributed by atoms with Crippen molar-refractivity contribution in [2.75, 3.05) is 44.3 Å². The van der Waals surface area contributed by atoms with Gasteiger partial charge in [-0.15, -0.1) is 0 Å². The summed E-state index contributed by atoms with van der Waals surface area (Å²) in [6.07, 6.45) is -0.146. The van der Waals surface area contributed by atoms with Crippen LogP contribution in [0.3, 0.4) is 0 Å². The van der Waals surface area contributed by atoms with E-state index in [2.05, 4.69) is 4.90 Å². The number of esters is 1. The Morgan fingerprint density at radius 1 is 1.10 bits per heavy atom. The lowest BCUT2D eigenvalue weighted by Crippen LogP contribution is -2.39. The van der Waals surface area contributed by atoms with Crippen LogP contribution in [0.25, 0.3) is 0 Å². The van der Waals surface area contributed by atoms with Crippen LogP contribution in [-0.2, 0) is 14.3 Å². The van der Waals surface area contributed by atoms with Gasteiger partial charge in [0, 0.05) is 36.8 Å². The third-order valence-electron chi connectivity index (χ3n) is 5.25. The molecule has 1 unspecified atom stereocenters. The normalized spacial score (nSPS) is 19.3. The largest absolute Gasteiger partial charge is 0.444 e. The first-order valence-corrected chi connectivity index (χ1v) is 10.2. The summed E-state index contributed by atoms with van der Waals surface area (Å²) in [5.74, 6) is -0.751. The van der Waals surface area contributed by atoms with Crippen molar-refractivity contribution in [2.24, 2.45) is 0 Å². The molecule has 152 valence electrons. The van der Waals surface area contributed by atoms with Gasteiger partial charge in [0.15, 0.2) is 0 Å². The van der Waals surface area contributed by atoms with Crippen LogP contribution in [-0.4, -0.2) is 56.2 Å². The molecule has 4 rings (SSSR count). The zero-order chi connectivity index (χ0) is 20.2. The molecular formula is C22H23ClN2O4. The van der Waals surface area contributed by atoms with Gasteiger partial charge in [-0.1, -0.05) is 29.8 Å². The number of morpholine rings is 1. The number of nitrogens with zero attached hydrogens (tertiary/aromatic N) is 2. The van der Waals surface area contributed by atoms with E-state index in [-0.39, 0.29) is 5.91 Å². The summed E-state index contributed by atoms with van der Waals surface area (Å²) in [4.78, 5) is 29.7. The van der Waals surface area contributed by atoms with Crippen LogP contribution < -0.4 is 4.90 Å². The van der Waals surface area contributed by atoms with Gasteiger partial charge in [-0.05, 0) is 36.8 Å². The number of halogens is 1. The first-order valence-electron chi connectivity index (χ1n) is 9.80. The number of fused-ring (bicyclic) bond motifs is 1. The summed E-state index contributed by atoms with van der Waals surface area (Å²) in [6, 6.07) is 14.0. The van der Waals surface area contributed by atoms with Crippen molar-refractivity contribution in [3.63, 3.8) is 0 Å². The summed E-state index contributed by atoms with van der Waals surface area (Å²) in [6.45, 7) is 4.78. The third kappa shape index (κ3) is 4.45. The Labute approximate surface area is 174 Å². The topological polar surface area (TPSA) is 59.1 Å². The first-order chi connectivity index (χ1) is 14.1. The van der Waals surface area contributed by atoms with Gasteiger partial charge in [-0.3, -0.25) is 9.69 Å². The Bertz CT molecular complexity index is 884. The van der Waals surface area contributed by atoms with E-state index in [1.54, 1.807) is 41.3 Å². The average molecular weight is 415 g/mol. The lowest BCUT2D eigenvalue weighted by atomic mass is 10.1. The molecule has 0 radical (unpaired) electrons. The van der Waals surface area contributed by atoms with E-state index in [0.717, 1.165) is 45.0 Å². The fourth-order valence-electron chi connectivity index (χ4n) is 3.75. The van der Waals surface area contributed by atoms with E-state index in [9.17, 15) is 9.59 Å². The Morgan fingerprint density at radius 2 is 1.86 bits per heavy atom. The second-order valence-electron chi connectivity index (χ2n) is 7.15. The molecule has 0 spiro atoms. The van der Waals surface area contributed by atoms with E-state index in [1.807, 2.05) is 12.1 Å². The number of anilines is 1. The third-order valence-corrected chi connectivity index (χ3v) is 5.48. The number of carbonyl (C=O) groups is 2. The molecule has 0 aliphatic carbocycles. The van der Waals surface area contributed by atoms with Gasteiger partial charge in [-0.2, -0.15) is 0 Å². The highest BCUT2D eigenvalue weighted by atomic mass is 35.5. The number of ether oxygens (including phenoxy) is 2. The Hall–Kier alpha value is -2.41. The lowest BCUT2D eigenvalue weighted by molar-refractivity contribution is -0.126. The molecule has 1 saturated heterocycles. The van der Waals surface area contributed by atoms with Gasteiger partial charge >= 0.3 is 5.97 Å². The fourth-order valence-corrected chi connectivity index (χ4v) is 3.93. The molecule has 29 heavy (non-hydrogen) atoms. The van der Waals surface area contributed by atoms with Crippen LogP contribution in [0, 0.1) is 0 Å². The predicted octanol–water partition coefficient (Wildman–Crippen LogP) is 3.31. The summed E-state index contributed by atoms with van der Waals surface area (Å²) < 4.78 is 11.0. The molecule has 0 saturated carbocycles. The van der Waals surface area contributed by atoms with Gasteiger partial charge in [0.25, 0.3) is 5.91 Å². The lowest BCUT2D eigenvalue weighted by Gasteiger charge is -2.27. The van der Waals surface area contributed by atoms with Crippen molar-refractivity contribution in [2.45, 2.75) is 12.5 Å². The maximum atomic E-state index is 13.1. The maximum absolute atomic E-state index is 13.1. The fraction of sp³-hybridized carbons (Fsp3) is 0.364. The van der Waals surface area contributed by atoms with E-state index in [4.69, 9.17) is 21.1 Å². The zero-order valence-corrected chi connectivity index (χ0v) is 16.8. The number of hydrogen-bond donors (Lipinski definition) is 0. The van der Waals surface area contributed by atoms with Crippen molar-refractivity contribution in [1.82, 2.24) is 4.90 Å². The van der Waals surface area contributed by atoms with Crippen molar-refractivity contribution >= 4 is 29.2 Å². The summed E-state index contributed by atoms with van der Waals surface area (Å²) >= 11 is 6.15. The van der Waals surface area contributed by atoms with Crippen LogP contribution in [0.5, 0.6) is 0 Å². The van der Waals surface area contributed by atoms with Crippen LogP contribution in [0.15, 0.2) is 48.5 Å². The van der Waals surface area contributed by atoms with Crippen LogP contribution >= 0.6 is 11.6 Å². The van der Waals surface area contributed by atoms with Crippen LogP contribution in [0.2, 0.25) is 5.02 Å². The van der Waals surface area contributed by atoms with Crippen LogP contribution in [0.4, 0.5) is 5.69 Å². The Kier molecular flexibility index (Phi) is 6.13. The monoisotopic (exact) mass is 414 g/mol. The van der Waals surface area contributed by atoms with Crippen molar-refractivity contribution in [1.29, 1.82) is 0 Å². The van der Waals surface area contributed by atoms with E-state index in [1.165, 1.54) is 0 Å². The molecule has 0 bridgehead atoms. The molecule has 2 aliphatic heterocycles. The number of benzene rings is 2. The molecule has 1 atom stereocenters. The average Bonchev–Trinajstić information content (AvgIpc) is 3.00. The van der Waals surface area contributed by atoms with E-state index in [0.29, 0.717) is 22.7 Å². The van der Waals surface area contributed by atoms with E-state index < -0.39 is 12.1 Å².